The topological polar surface area (TPSA) is 99.7 Å². The first-order valence-electron chi connectivity index (χ1n) is 14.2. The van der Waals surface area contributed by atoms with Crippen molar-refractivity contribution in [3.05, 3.63) is 69.0 Å². The van der Waals surface area contributed by atoms with Crippen LogP contribution >= 0.6 is 35.3 Å². The van der Waals surface area contributed by atoms with Crippen LogP contribution in [0, 0.1) is 33.5 Å². The van der Waals surface area contributed by atoms with Gasteiger partial charge in [-0.15, -0.1) is 23.1 Å². The second-order valence-electron chi connectivity index (χ2n) is 11.5. The Labute approximate surface area is 251 Å². The average molecular weight is 607 g/mol. The van der Waals surface area contributed by atoms with Crippen molar-refractivity contribution in [1.29, 1.82) is 0 Å². The van der Waals surface area contributed by atoms with Crippen molar-refractivity contribution in [2.45, 2.75) is 48.3 Å². The van der Waals surface area contributed by atoms with E-state index in [2.05, 4.69) is 17.1 Å². The Morgan fingerprint density at radius 2 is 1.76 bits per heavy atom. The number of carbonyl (C=O) groups is 3. The summed E-state index contributed by atoms with van der Waals surface area (Å²) < 4.78 is 6.94. The molecule has 7 unspecified atom stereocenters. The summed E-state index contributed by atoms with van der Waals surface area (Å²) in [5.74, 6) is 0.724. The van der Waals surface area contributed by atoms with Gasteiger partial charge < -0.3 is 14.8 Å². The number of aromatic amines is 1. The minimum Gasteiger partial charge on any atom is -0.481 e. The van der Waals surface area contributed by atoms with Crippen LogP contribution in [0.25, 0.3) is 0 Å². The Morgan fingerprint density at radius 3 is 2.54 bits per heavy atom. The minimum atomic E-state index is -0.815. The smallest absolute Gasteiger partial charge is 0.303 e. The highest BCUT2D eigenvalue weighted by Crippen LogP contribution is 2.68. The molecule has 1 saturated heterocycles. The number of para-hydroxylation sites is 1. The summed E-state index contributed by atoms with van der Waals surface area (Å²) in [5, 5.41) is 10.2. The number of benzene rings is 2. The number of aromatic nitrogens is 1. The lowest BCUT2D eigenvalue weighted by Crippen LogP contribution is -2.42. The zero-order valence-corrected chi connectivity index (χ0v) is 24.7. The number of unbranched alkanes of at least 4 members (excludes halogenated alkanes) is 2. The molecule has 0 spiro atoms. The molecule has 2 saturated carbocycles. The molecule has 212 valence electrons. The maximum Gasteiger partial charge on any atom is 0.303 e. The maximum absolute atomic E-state index is 13.7. The molecule has 41 heavy (non-hydrogen) atoms. The maximum atomic E-state index is 13.7. The van der Waals surface area contributed by atoms with Crippen LogP contribution < -0.4 is 4.74 Å². The van der Waals surface area contributed by atoms with E-state index < -0.39 is 5.97 Å². The minimum absolute atomic E-state index is 0.0244. The summed E-state index contributed by atoms with van der Waals surface area (Å²) in [6.45, 7) is 0.384. The van der Waals surface area contributed by atoms with Crippen molar-refractivity contribution in [1.82, 2.24) is 9.88 Å². The molecular formula is C31H30N2O5S3. The van der Waals surface area contributed by atoms with E-state index in [1.54, 1.807) is 11.3 Å². The number of H-pyrrole nitrogens is 1. The molecule has 2 aliphatic carbocycles. The zero-order valence-electron chi connectivity index (χ0n) is 22.2. The number of thioether (sulfide) groups is 1. The van der Waals surface area contributed by atoms with Gasteiger partial charge in [0.15, 0.2) is 3.95 Å². The van der Waals surface area contributed by atoms with Crippen LogP contribution in [0.5, 0.6) is 11.5 Å². The van der Waals surface area contributed by atoms with E-state index in [4.69, 9.17) is 22.1 Å². The molecule has 3 heterocycles. The first kappa shape index (κ1) is 26.9. The van der Waals surface area contributed by atoms with Gasteiger partial charge in [-0.3, -0.25) is 19.3 Å². The largest absolute Gasteiger partial charge is 0.481 e. The third-order valence-electron chi connectivity index (χ3n) is 9.28. The highest BCUT2D eigenvalue weighted by Gasteiger charge is 2.69. The number of carboxylic acids is 1. The van der Waals surface area contributed by atoms with Crippen molar-refractivity contribution < 1.29 is 24.2 Å². The Kier molecular flexibility index (Phi) is 7.03. The summed E-state index contributed by atoms with van der Waals surface area (Å²) in [6, 6.07) is 18.0. The fourth-order valence-corrected chi connectivity index (χ4v) is 11.1. The second-order valence-corrected chi connectivity index (χ2v) is 14.4. The predicted molar refractivity (Wildman–Crippen MR) is 159 cm³/mol. The zero-order chi connectivity index (χ0) is 28.2. The van der Waals surface area contributed by atoms with Crippen LogP contribution in [0.4, 0.5) is 0 Å². The Balaban J connectivity index is 1.18. The molecule has 0 radical (unpaired) electrons. The number of aliphatic carboxylic acids is 1. The van der Waals surface area contributed by atoms with Gasteiger partial charge in [-0.05, 0) is 79.1 Å². The first-order chi connectivity index (χ1) is 19.9. The molecule has 3 fully saturated rings. The number of nitrogens with one attached hydrogen (secondary N) is 1. The third kappa shape index (κ3) is 4.64. The fraction of sp³-hybridized carbons (Fsp3) is 0.419. The van der Waals surface area contributed by atoms with E-state index in [1.807, 2.05) is 54.2 Å². The number of carboxylic acid groups (broad SMARTS) is 1. The molecule has 4 aliphatic rings. The molecule has 1 aromatic heterocycles. The van der Waals surface area contributed by atoms with Crippen molar-refractivity contribution in [2.24, 2.45) is 29.6 Å². The molecule has 7 rings (SSSR count). The number of hydrogen-bond donors (Lipinski definition) is 2. The Morgan fingerprint density at radius 1 is 1.00 bits per heavy atom. The molecule has 2 bridgehead atoms. The molecule has 2 aliphatic heterocycles. The van der Waals surface area contributed by atoms with E-state index in [0.717, 1.165) is 32.5 Å². The van der Waals surface area contributed by atoms with Crippen LogP contribution in [0.15, 0.2) is 59.6 Å². The van der Waals surface area contributed by atoms with Crippen LogP contribution in [0.2, 0.25) is 0 Å². The molecule has 10 heteroatoms. The number of carbonyl (C=O) groups excluding carboxylic acids is 2. The number of ether oxygens (including phenoxy) is 1. The van der Waals surface area contributed by atoms with E-state index in [-0.39, 0.29) is 59.0 Å². The van der Waals surface area contributed by atoms with Crippen LogP contribution in [-0.2, 0) is 14.4 Å². The standard InChI is InChI=1S/C31H30N2O5S3/c34-21(35)12-5-2-6-13-33-29(36)24-19-15-20(25(24)30(33)37)26-23(19)22(27-28(40-26)32-31(39)41-27)16-8-7-11-18(14-16)38-17-9-3-1-4-10-17/h1,3-4,7-11,14,19-20,22-26H,2,5-6,12-13,15H2,(H,32,39)(H,34,35). The van der Waals surface area contributed by atoms with Crippen molar-refractivity contribution in [3.8, 4) is 11.5 Å². The van der Waals surface area contributed by atoms with Gasteiger partial charge in [0.1, 0.15) is 11.5 Å². The Hall–Kier alpha value is -2.95. The van der Waals surface area contributed by atoms with Crippen LogP contribution in [0.1, 0.15) is 48.5 Å². The van der Waals surface area contributed by atoms with Gasteiger partial charge in [-0.1, -0.05) is 36.8 Å². The number of likely N-dealkylation sites (tertiary alicyclic amines) is 1. The van der Waals surface area contributed by atoms with Gasteiger partial charge >= 0.3 is 5.97 Å². The first-order valence-corrected chi connectivity index (χ1v) is 16.3. The van der Waals surface area contributed by atoms with E-state index in [9.17, 15) is 14.4 Å². The third-order valence-corrected chi connectivity index (χ3v) is 12.2. The fourth-order valence-electron chi connectivity index (χ4n) is 7.79. The summed E-state index contributed by atoms with van der Waals surface area (Å²) in [5.41, 5.74) is 1.15. The molecular weight excluding hydrogens is 577 g/mol. The van der Waals surface area contributed by atoms with Gasteiger partial charge in [0.05, 0.1) is 16.9 Å². The Bertz CT molecular complexity index is 1570. The average Bonchev–Trinajstić information content (AvgIpc) is 3.69. The number of hydrogen-bond acceptors (Lipinski definition) is 7. The van der Waals surface area contributed by atoms with E-state index in [1.165, 1.54) is 9.78 Å². The lowest BCUT2D eigenvalue weighted by Gasteiger charge is -2.43. The monoisotopic (exact) mass is 606 g/mol. The van der Waals surface area contributed by atoms with Gasteiger partial charge in [0, 0.05) is 29.0 Å². The van der Waals surface area contributed by atoms with Gasteiger partial charge in [0.25, 0.3) is 0 Å². The lowest BCUT2D eigenvalue weighted by atomic mass is 9.68. The molecule has 7 atom stereocenters. The van der Waals surface area contributed by atoms with Crippen molar-refractivity contribution in [3.63, 3.8) is 0 Å². The van der Waals surface area contributed by atoms with Gasteiger partial charge in [-0.2, -0.15) is 0 Å². The van der Waals surface area contributed by atoms with Crippen LogP contribution in [-0.4, -0.2) is 44.6 Å². The number of rotatable bonds is 9. The molecule has 2 aromatic carbocycles. The molecule has 3 aromatic rings. The lowest BCUT2D eigenvalue weighted by molar-refractivity contribution is -0.141. The van der Waals surface area contributed by atoms with Crippen molar-refractivity contribution >= 4 is 53.1 Å². The van der Waals surface area contributed by atoms with E-state index in [0.29, 0.717) is 25.8 Å². The molecule has 7 nitrogen and oxygen atoms in total. The van der Waals surface area contributed by atoms with Gasteiger partial charge in [0.2, 0.25) is 11.8 Å². The quantitative estimate of drug-likeness (QED) is 0.159. The number of nitrogens with zero attached hydrogens (tertiary/aromatic N) is 1. The highest BCUT2D eigenvalue weighted by atomic mass is 32.2. The predicted octanol–water partition coefficient (Wildman–Crippen LogP) is 6.72. The van der Waals surface area contributed by atoms with Crippen molar-refractivity contribution in [2.75, 3.05) is 6.54 Å². The normalized spacial score (nSPS) is 29.4. The summed E-state index contributed by atoms with van der Waals surface area (Å²) in [7, 11) is 0. The van der Waals surface area contributed by atoms with E-state index >= 15 is 0 Å². The summed E-state index contributed by atoms with van der Waals surface area (Å²) in [6.07, 6.45) is 2.91. The number of fused-ring (bicyclic) bond motifs is 9. The number of imide groups is 1. The van der Waals surface area contributed by atoms with Crippen LogP contribution in [0.3, 0.4) is 0 Å². The number of thiazole rings is 1. The second kappa shape index (κ2) is 10.7. The summed E-state index contributed by atoms with van der Waals surface area (Å²) >= 11 is 9.02. The molecule has 2 N–H and O–H groups in total. The number of amides is 2. The SMILES string of the molecule is O=C(O)CCCCCN1C(=O)C2C3CC(C2C1=O)C1C(c2cccc(Oc4ccccc4)c2)c2sc(=S)[nH]c2SC31. The molecule has 2 amide bonds. The summed E-state index contributed by atoms with van der Waals surface area (Å²) in [4.78, 5) is 44.3. The van der Waals surface area contributed by atoms with Gasteiger partial charge in [-0.25, -0.2) is 0 Å². The highest BCUT2D eigenvalue weighted by molar-refractivity contribution is 8.00.